The molecule has 4 heterocycles. The molecular weight excluding hydrogens is 564 g/mol. The van der Waals surface area contributed by atoms with Crippen molar-refractivity contribution < 1.29 is 9.53 Å². The lowest BCUT2D eigenvalue weighted by molar-refractivity contribution is -0.122. The molecule has 10 nitrogen and oxygen atoms in total. The van der Waals surface area contributed by atoms with Gasteiger partial charge in [0.1, 0.15) is 17.6 Å². The Balaban J connectivity index is 1.12. The predicted octanol–water partition coefficient (Wildman–Crippen LogP) is 4.22. The number of piperazine rings is 1. The van der Waals surface area contributed by atoms with E-state index in [2.05, 4.69) is 78.7 Å². The van der Waals surface area contributed by atoms with E-state index in [1.807, 2.05) is 36.5 Å². The highest BCUT2D eigenvalue weighted by Crippen LogP contribution is 2.24. The van der Waals surface area contributed by atoms with E-state index < -0.39 is 6.04 Å². The second kappa shape index (κ2) is 12.9. The van der Waals surface area contributed by atoms with Crippen LogP contribution in [0.15, 0.2) is 85.2 Å². The van der Waals surface area contributed by atoms with Gasteiger partial charge in [0.2, 0.25) is 11.9 Å². The zero-order valence-corrected chi connectivity index (χ0v) is 25.4. The standard InChI is InChI=1S/C35H38N8O2/c1-45-27-13-10-24(11-14-27)23-43-33(15-12-25-20-38-30-8-4-2-6-28(25)30)40-41-35(43)42-19-18-36-22-32(42)34(44)37-17-16-26-21-39-31-9-5-3-7-29(26)31/h2-11,13-14,20-21,32,36,38-39H,12,15-19,22-23H2,1H3,(H,37,44)/t32-/m1/s1. The number of aromatic nitrogens is 5. The van der Waals surface area contributed by atoms with Crippen molar-refractivity contribution in [3.05, 3.63) is 108 Å². The Bertz CT molecular complexity index is 1900. The minimum Gasteiger partial charge on any atom is -0.497 e. The number of benzene rings is 3. The molecule has 7 rings (SSSR count). The van der Waals surface area contributed by atoms with Crippen LogP contribution >= 0.6 is 0 Å². The summed E-state index contributed by atoms with van der Waals surface area (Å²) in [5.74, 6) is 2.41. The number of hydrogen-bond acceptors (Lipinski definition) is 6. The van der Waals surface area contributed by atoms with Gasteiger partial charge in [-0.25, -0.2) is 0 Å². The van der Waals surface area contributed by atoms with Crippen LogP contribution in [-0.4, -0.2) is 70.0 Å². The van der Waals surface area contributed by atoms with E-state index in [-0.39, 0.29) is 5.91 Å². The van der Waals surface area contributed by atoms with Gasteiger partial charge < -0.3 is 30.2 Å². The zero-order chi connectivity index (χ0) is 30.6. The van der Waals surface area contributed by atoms with Crippen molar-refractivity contribution in [3.63, 3.8) is 0 Å². The van der Waals surface area contributed by atoms with Crippen molar-refractivity contribution in [3.8, 4) is 5.75 Å². The van der Waals surface area contributed by atoms with Crippen molar-refractivity contribution in [2.24, 2.45) is 0 Å². The predicted molar refractivity (Wildman–Crippen MR) is 177 cm³/mol. The molecule has 1 amide bonds. The number of aryl methyl sites for hydroxylation is 2. The molecule has 45 heavy (non-hydrogen) atoms. The number of carbonyl (C=O) groups excluding carboxylic acids is 1. The van der Waals surface area contributed by atoms with Gasteiger partial charge >= 0.3 is 0 Å². The average Bonchev–Trinajstić information content (AvgIpc) is 3.81. The summed E-state index contributed by atoms with van der Waals surface area (Å²) in [5.41, 5.74) is 5.80. The summed E-state index contributed by atoms with van der Waals surface area (Å²) in [6.45, 7) is 3.11. The second-order valence-electron chi connectivity index (χ2n) is 11.5. The molecule has 3 aromatic heterocycles. The molecule has 0 bridgehead atoms. The second-order valence-corrected chi connectivity index (χ2v) is 11.5. The normalized spacial score (nSPS) is 15.1. The summed E-state index contributed by atoms with van der Waals surface area (Å²) in [6.07, 6.45) is 6.41. The highest BCUT2D eigenvalue weighted by atomic mass is 16.5. The van der Waals surface area contributed by atoms with E-state index >= 15 is 0 Å². The molecule has 10 heteroatoms. The third-order valence-corrected chi connectivity index (χ3v) is 8.77. The van der Waals surface area contributed by atoms with Gasteiger partial charge in [-0.3, -0.25) is 9.36 Å². The number of para-hydroxylation sites is 2. The number of ether oxygens (including phenoxy) is 1. The van der Waals surface area contributed by atoms with E-state index in [1.54, 1.807) is 7.11 Å². The van der Waals surface area contributed by atoms with Crippen molar-refractivity contribution in [2.75, 3.05) is 38.2 Å². The maximum atomic E-state index is 13.7. The summed E-state index contributed by atoms with van der Waals surface area (Å²) in [4.78, 5) is 22.5. The topological polar surface area (TPSA) is 116 Å². The number of H-pyrrole nitrogens is 2. The van der Waals surface area contributed by atoms with Gasteiger partial charge in [0.15, 0.2) is 0 Å². The fourth-order valence-corrected chi connectivity index (χ4v) is 6.34. The first-order valence-electron chi connectivity index (χ1n) is 15.6. The molecule has 0 aliphatic carbocycles. The molecule has 230 valence electrons. The first-order chi connectivity index (χ1) is 22.2. The molecule has 1 saturated heterocycles. The molecule has 6 aromatic rings. The van der Waals surface area contributed by atoms with Crippen LogP contribution in [0.2, 0.25) is 0 Å². The van der Waals surface area contributed by atoms with E-state index in [4.69, 9.17) is 14.9 Å². The van der Waals surface area contributed by atoms with Gasteiger partial charge in [0, 0.05) is 66.8 Å². The molecule has 4 N–H and O–H groups in total. The zero-order valence-electron chi connectivity index (χ0n) is 25.4. The fraction of sp³-hybridized carbons (Fsp3) is 0.286. The largest absolute Gasteiger partial charge is 0.497 e. The van der Waals surface area contributed by atoms with Crippen LogP contribution in [0.1, 0.15) is 22.5 Å². The smallest absolute Gasteiger partial charge is 0.244 e. The van der Waals surface area contributed by atoms with Gasteiger partial charge in [-0.05, 0) is 53.8 Å². The van der Waals surface area contributed by atoms with Crippen LogP contribution in [0.3, 0.4) is 0 Å². The number of fused-ring (bicyclic) bond motifs is 2. The maximum Gasteiger partial charge on any atom is 0.244 e. The number of rotatable bonds is 11. The molecule has 1 fully saturated rings. The molecule has 1 atom stereocenters. The number of amides is 1. The number of carbonyl (C=O) groups is 1. The van der Waals surface area contributed by atoms with E-state index in [0.29, 0.717) is 26.2 Å². The summed E-state index contributed by atoms with van der Waals surface area (Å²) < 4.78 is 7.56. The Morgan fingerprint density at radius 1 is 0.889 bits per heavy atom. The van der Waals surface area contributed by atoms with Crippen molar-refractivity contribution in [1.82, 2.24) is 35.4 Å². The lowest BCUT2D eigenvalue weighted by Crippen LogP contribution is -2.59. The summed E-state index contributed by atoms with van der Waals surface area (Å²) in [7, 11) is 1.67. The summed E-state index contributed by atoms with van der Waals surface area (Å²) >= 11 is 0. The van der Waals surface area contributed by atoms with Crippen LogP contribution < -0.4 is 20.3 Å². The molecule has 3 aromatic carbocycles. The molecule has 1 aliphatic rings. The number of aromatic amines is 2. The first-order valence-corrected chi connectivity index (χ1v) is 15.6. The molecule has 0 unspecified atom stereocenters. The van der Waals surface area contributed by atoms with Crippen LogP contribution in [-0.2, 0) is 30.6 Å². The van der Waals surface area contributed by atoms with Crippen LogP contribution in [0.5, 0.6) is 5.75 Å². The minimum absolute atomic E-state index is 0.0126. The number of methoxy groups -OCH3 is 1. The third-order valence-electron chi connectivity index (χ3n) is 8.77. The number of hydrogen-bond donors (Lipinski definition) is 4. The Kier molecular flexibility index (Phi) is 8.20. The Morgan fingerprint density at radius 2 is 1.58 bits per heavy atom. The Morgan fingerprint density at radius 3 is 2.29 bits per heavy atom. The van der Waals surface area contributed by atoms with Crippen LogP contribution in [0, 0.1) is 0 Å². The van der Waals surface area contributed by atoms with E-state index in [1.165, 1.54) is 21.9 Å². The van der Waals surface area contributed by atoms with Gasteiger partial charge in [-0.15, -0.1) is 10.2 Å². The van der Waals surface area contributed by atoms with Gasteiger partial charge in [0.25, 0.3) is 0 Å². The van der Waals surface area contributed by atoms with Gasteiger partial charge in [-0.1, -0.05) is 48.5 Å². The Labute approximate surface area is 261 Å². The fourth-order valence-electron chi connectivity index (χ4n) is 6.34. The van der Waals surface area contributed by atoms with E-state index in [9.17, 15) is 4.79 Å². The Hall–Kier alpha value is -5.09. The lowest BCUT2D eigenvalue weighted by Gasteiger charge is -2.36. The third kappa shape index (κ3) is 6.01. The van der Waals surface area contributed by atoms with Gasteiger partial charge in [0.05, 0.1) is 13.7 Å². The highest BCUT2D eigenvalue weighted by Gasteiger charge is 2.32. The first kappa shape index (κ1) is 28.7. The van der Waals surface area contributed by atoms with Crippen molar-refractivity contribution in [2.45, 2.75) is 31.8 Å². The van der Waals surface area contributed by atoms with Crippen molar-refractivity contribution >= 4 is 33.7 Å². The van der Waals surface area contributed by atoms with Crippen LogP contribution in [0.25, 0.3) is 21.8 Å². The van der Waals surface area contributed by atoms with Crippen LogP contribution in [0.4, 0.5) is 5.95 Å². The lowest BCUT2D eigenvalue weighted by atomic mass is 10.1. The molecule has 0 spiro atoms. The summed E-state index contributed by atoms with van der Waals surface area (Å²) in [6, 6.07) is 24.3. The number of nitrogens with zero attached hydrogens (tertiary/aromatic N) is 4. The quantitative estimate of drug-likeness (QED) is 0.177. The number of anilines is 1. The maximum absolute atomic E-state index is 13.7. The highest BCUT2D eigenvalue weighted by molar-refractivity contribution is 5.86. The molecule has 0 saturated carbocycles. The summed E-state index contributed by atoms with van der Waals surface area (Å²) in [5, 5.41) is 18.4. The van der Waals surface area contributed by atoms with Gasteiger partial charge in [-0.2, -0.15) is 0 Å². The van der Waals surface area contributed by atoms with E-state index in [0.717, 1.165) is 59.9 Å². The molecule has 0 radical (unpaired) electrons. The monoisotopic (exact) mass is 602 g/mol. The van der Waals surface area contributed by atoms with Crippen molar-refractivity contribution in [1.29, 1.82) is 0 Å². The molecule has 1 aliphatic heterocycles. The number of nitrogens with one attached hydrogen (secondary N) is 4. The average molecular weight is 603 g/mol. The minimum atomic E-state index is -0.401. The molecular formula is C35H38N8O2. The SMILES string of the molecule is COc1ccc(Cn2c(CCc3c[nH]c4ccccc34)nnc2N2CCNC[C@@H]2C(=O)NCCc2c[nH]c3ccccc23)cc1.